The highest BCUT2D eigenvalue weighted by atomic mass is 16.3. The summed E-state index contributed by atoms with van der Waals surface area (Å²) in [6.45, 7) is 2.95. The van der Waals surface area contributed by atoms with Gasteiger partial charge in [0.1, 0.15) is 5.76 Å². The fraction of sp³-hybridized carbons (Fsp3) is 0.455. The molecule has 0 saturated carbocycles. The molecule has 1 aromatic heterocycles. The molecule has 7 nitrogen and oxygen atoms in total. The zero-order valence-corrected chi connectivity index (χ0v) is 10.2. The first kappa shape index (κ1) is 14.0. The third-order valence-electron chi connectivity index (χ3n) is 2.28. The van der Waals surface area contributed by atoms with Gasteiger partial charge < -0.3 is 26.1 Å². The van der Waals surface area contributed by atoms with Crippen LogP contribution in [0.2, 0.25) is 0 Å². The normalized spacial score (nSPS) is 11.8. The van der Waals surface area contributed by atoms with Crippen LogP contribution >= 0.6 is 0 Å². The average Bonchev–Trinajstić information content (AvgIpc) is 2.84. The topological polar surface area (TPSA) is 109 Å². The second kappa shape index (κ2) is 7.33. The maximum absolute atomic E-state index is 11.6. The molecule has 0 radical (unpaired) electrons. The lowest BCUT2D eigenvalue weighted by Crippen LogP contribution is -2.45. The predicted octanol–water partition coefficient (Wildman–Crippen LogP) is -0.458. The summed E-state index contributed by atoms with van der Waals surface area (Å²) in [7, 11) is 0. The maximum Gasteiger partial charge on any atom is 0.312 e. The van der Waals surface area contributed by atoms with E-state index in [1.807, 2.05) is 0 Å². The summed E-state index contributed by atoms with van der Waals surface area (Å²) in [5.41, 5.74) is 4.90. The molecular formula is C11H18N4O3. The third-order valence-corrected chi connectivity index (χ3v) is 2.28. The summed E-state index contributed by atoms with van der Waals surface area (Å²) < 4.78 is 5.09. The second-order valence-electron chi connectivity index (χ2n) is 3.76. The number of carbonyl (C=O) groups is 2. The second-order valence-corrected chi connectivity index (χ2v) is 3.76. The predicted molar refractivity (Wildman–Crippen MR) is 65.6 cm³/mol. The molecule has 0 aliphatic carbocycles. The van der Waals surface area contributed by atoms with Crippen LogP contribution in [0, 0.1) is 0 Å². The molecule has 1 unspecified atom stereocenters. The zero-order valence-electron chi connectivity index (χ0n) is 10.2. The van der Waals surface area contributed by atoms with E-state index < -0.39 is 6.03 Å². The monoisotopic (exact) mass is 254 g/mol. The van der Waals surface area contributed by atoms with Crippen LogP contribution in [0.4, 0.5) is 4.79 Å². The van der Waals surface area contributed by atoms with E-state index in [9.17, 15) is 9.59 Å². The van der Waals surface area contributed by atoms with Gasteiger partial charge in [-0.05, 0) is 19.1 Å². The Balaban J connectivity index is 2.14. The Hall–Kier alpha value is -2.02. The minimum absolute atomic E-state index is 0.134. The Kier molecular flexibility index (Phi) is 5.72. The van der Waals surface area contributed by atoms with Gasteiger partial charge in [0.25, 0.3) is 0 Å². The molecule has 1 aromatic rings. The molecule has 18 heavy (non-hydrogen) atoms. The molecule has 0 saturated heterocycles. The van der Waals surface area contributed by atoms with Crippen LogP contribution in [0.1, 0.15) is 12.7 Å². The van der Waals surface area contributed by atoms with Crippen LogP contribution in [-0.2, 0) is 11.3 Å². The molecule has 0 bridgehead atoms. The summed E-state index contributed by atoms with van der Waals surface area (Å²) in [4.78, 5) is 22.0. The SMILES string of the molecule is CC(NCCNC(N)=O)C(=O)NCc1ccco1. The Labute approximate surface area is 105 Å². The Morgan fingerprint density at radius 2 is 2.17 bits per heavy atom. The molecule has 7 heteroatoms. The Morgan fingerprint density at radius 1 is 1.39 bits per heavy atom. The summed E-state index contributed by atoms with van der Waals surface area (Å²) in [5, 5.41) is 8.11. The number of primary amides is 1. The molecule has 0 aromatic carbocycles. The van der Waals surface area contributed by atoms with Crippen molar-refractivity contribution in [3.8, 4) is 0 Å². The Bertz CT molecular complexity index is 378. The van der Waals surface area contributed by atoms with Gasteiger partial charge in [-0.3, -0.25) is 4.79 Å². The number of amides is 3. The van der Waals surface area contributed by atoms with E-state index in [4.69, 9.17) is 10.2 Å². The highest BCUT2D eigenvalue weighted by Crippen LogP contribution is 1.98. The first-order chi connectivity index (χ1) is 8.59. The van der Waals surface area contributed by atoms with E-state index >= 15 is 0 Å². The average molecular weight is 254 g/mol. The number of hydrogen-bond acceptors (Lipinski definition) is 4. The van der Waals surface area contributed by atoms with Gasteiger partial charge in [0.05, 0.1) is 18.8 Å². The molecular weight excluding hydrogens is 236 g/mol. The van der Waals surface area contributed by atoms with E-state index in [2.05, 4.69) is 16.0 Å². The fourth-order valence-corrected chi connectivity index (χ4v) is 1.31. The quantitative estimate of drug-likeness (QED) is 0.494. The van der Waals surface area contributed by atoms with Gasteiger partial charge >= 0.3 is 6.03 Å². The molecule has 1 heterocycles. The summed E-state index contributed by atoms with van der Waals surface area (Å²) in [6.07, 6.45) is 1.55. The van der Waals surface area contributed by atoms with Crippen LogP contribution < -0.4 is 21.7 Å². The summed E-state index contributed by atoms with van der Waals surface area (Å²) in [5.74, 6) is 0.566. The van der Waals surface area contributed by atoms with Gasteiger partial charge in [-0.1, -0.05) is 0 Å². The zero-order chi connectivity index (χ0) is 13.4. The van der Waals surface area contributed by atoms with Crippen molar-refractivity contribution in [1.29, 1.82) is 0 Å². The molecule has 100 valence electrons. The number of urea groups is 1. The molecule has 1 atom stereocenters. The van der Waals surface area contributed by atoms with E-state index in [0.29, 0.717) is 25.4 Å². The number of carbonyl (C=O) groups excluding carboxylic acids is 2. The van der Waals surface area contributed by atoms with Gasteiger partial charge in [0.15, 0.2) is 0 Å². The van der Waals surface area contributed by atoms with Crippen LogP contribution in [0.3, 0.4) is 0 Å². The lowest BCUT2D eigenvalue weighted by atomic mass is 10.3. The maximum atomic E-state index is 11.6. The molecule has 0 aliphatic rings. The van der Waals surface area contributed by atoms with E-state index in [1.165, 1.54) is 0 Å². The molecule has 0 fully saturated rings. The van der Waals surface area contributed by atoms with Crippen molar-refractivity contribution in [2.24, 2.45) is 5.73 Å². The number of hydrogen-bond donors (Lipinski definition) is 4. The van der Waals surface area contributed by atoms with Crippen LogP contribution in [0.15, 0.2) is 22.8 Å². The fourth-order valence-electron chi connectivity index (χ4n) is 1.31. The van der Waals surface area contributed by atoms with Crippen molar-refractivity contribution in [2.75, 3.05) is 13.1 Å². The number of rotatable bonds is 7. The van der Waals surface area contributed by atoms with Crippen molar-refractivity contribution in [3.05, 3.63) is 24.2 Å². The van der Waals surface area contributed by atoms with Crippen molar-refractivity contribution in [1.82, 2.24) is 16.0 Å². The molecule has 5 N–H and O–H groups in total. The van der Waals surface area contributed by atoms with Crippen molar-refractivity contribution < 1.29 is 14.0 Å². The lowest BCUT2D eigenvalue weighted by Gasteiger charge is -2.13. The van der Waals surface area contributed by atoms with Gasteiger partial charge in [0.2, 0.25) is 5.91 Å². The standard InChI is InChI=1S/C11H18N4O3/c1-8(13-4-5-14-11(12)17)10(16)15-7-9-3-2-6-18-9/h2-3,6,8,13H,4-5,7H2,1H3,(H,15,16)(H3,12,14,17). The molecule has 0 spiro atoms. The van der Waals surface area contributed by atoms with E-state index in [-0.39, 0.29) is 11.9 Å². The van der Waals surface area contributed by atoms with Crippen LogP contribution in [0.25, 0.3) is 0 Å². The van der Waals surface area contributed by atoms with E-state index in [0.717, 1.165) is 0 Å². The van der Waals surface area contributed by atoms with Crippen molar-refractivity contribution in [2.45, 2.75) is 19.5 Å². The largest absolute Gasteiger partial charge is 0.467 e. The van der Waals surface area contributed by atoms with Gasteiger partial charge in [-0.15, -0.1) is 0 Å². The molecule has 0 aliphatic heterocycles. The molecule has 1 rings (SSSR count). The number of nitrogens with one attached hydrogen (secondary N) is 3. The number of nitrogens with two attached hydrogens (primary N) is 1. The van der Waals surface area contributed by atoms with Gasteiger partial charge in [-0.25, -0.2) is 4.79 Å². The highest BCUT2D eigenvalue weighted by molar-refractivity contribution is 5.81. The van der Waals surface area contributed by atoms with Crippen LogP contribution in [-0.4, -0.2) is 31.1 Å². The molecule has 3 amide bonds. The van der Waals surface area contributed by atoms with Gasteiger partial charge in [-0.2, -0.15) is 0 Å². The minimum Gasteiger partial charge on any atom is -0.467 e. The minimum atomic E-state index is -0.577. The van der Waals surface area contributed by atoms with Crippen LogP contribution in [0.5, 0.6) is 0 Å². The van der Waals surface area contributed by atoms with Crippen molar-refractivity contribution in [3.63, 3.8) is 0 Å². The smallest absolute Gasteiger partial charge is 0.312 e. The third kappa shape index (κ3) is 5.35. The first-order valence-electron chi connectivity index (χ1n) is 5.66. The first-order valence-corrected chi connectivity index (χ1v) is 5.66. The number of furan rings is 1. The lowest BCUT2D eigenvalue weighted by molar-refractivity contribution is -0.123. The summed E-state index contributed by atoms with van der Waals surface area (Å²) in [6, 6.07) is 2.62. The summed E-state index contributed by atoms with van der Waals surface area (Å²) >= 11 is 0. The highest BCUT2D eigenvalue weighted by Gasteiger charge is 2.11. The van der Waals surface area contributed by atoms with Gasteiger partial charge in [0, 0.05) is 13.1 Å². The Morgan fingerprint density at radius 3 is 2.78 bits per heavy atom. The van der Waals surface area contributed by atoms with E-state index in [1.54, 1.807) is 25.3 Å². The van der Waals surface area contributed by atoms with Crippen molar-refractivity contribution >= 4 is 11.9 Å².